The number of rotatable bonds is 7. The fraction of sp³-hybridized carbons (Fsp3) is 0.350. The van der Waals surface area contributed by atoms with Crippen molar-refractivity contribution < 1.29 is 31.9 Å². The summed E-state index contributed by atoms with van der Waals surface area (Å²) >= 11 is 1.12. The standard InChI is InChI=1S/C20H22FN3O6S2/c1-2-30-20(27)24-9-7-14-15(11-24)31-19(17(14)18(22)26)23-16(25)8-10-32(28,29)13-5-3-12(21)4-6-13/h3-6H,2,7-11H2,1H3,(H2,22,26)(H,23,25). The minimum Gasteiger partial charge on any atom is -0.450 e. The molecule has 1 aromatic heterocycles. The number of benzene rings is 1. The number of nitrogens with two attached hydrogens (primary N) is 1. The van der Waals surface area contributed by atoms with Gasteiger partial charge >= 0.3 is 6.09 Å². The van der Waals surface area contributed by atoms with Crippen LogP contribution in [0.1, 0.15) is 34.1 Å². The molecule has 3 amide bonds. The van der Waals surface area contributed by atoms with Gasteiger partial charge in [0.15, 0.2) is 9.84 Å². The quantitative estimate of drug-likeness (QED) is 0.580. The summed E-state index contributed by atoms with van der Waals surface area (Å²) in [6.07, 6.45) is -0.462. The molecular formula is C20H22FN3O6S2. The molecule has 9 nitrogen and oxygen atoms in total. The number of hydrogen-bond acceptors (Lipinski definition) is 7. The maximum atomic E-state index is 13.0. The Kier molecular flexibility index (Phi) is 7.14. The minimum atomic E-state index is -3.79. The molecule has 0 fully saturated rings. The number of halogens is 1. The van der Waals surface area contributed by atoms with Gasteiger partial charge < -0.3 is 20.7 Å². The Morgan fingerprint density at radius 3 is 2.56 bits per heavy atom. The van der Waals surface area contributed by atoms with Gasteiger partial charge in [0.05, 0.1) is 29.4 Å². The van der Waals surface area contributed by atoms with Gasteiger partial charge in [0, 0.05) is 17.8 Å². The van der Waals surface area contributed by atoms with Crippen LogP contribution in [-0.2, 0) is 32.3 Å². The number of sulfone groups is 1. The van der Waals surface area contributed by atoms with E-state index in [1.807, 2.05) is 0 Å². The number of anilines is 1. The van der Waals surface area contributed by atoms with Gasteiger partial charge in [0.25, 0.3) is 5.91 Å². The summed E-state index contributed by atoms with van der Waals surface area (Å²) in [6, 6.07) is 4.33. The molecule has 32 heavy (non-hydrogen) atoms. The third-order valence-corrected chi connectivity index (χ3v) is 7.72. The molecular weight excluding hydrogens is 461 g/mol. The van der Waals surface area contributed by atoms with Gasteiger partial charge in [-0.2, -0.15) is 0 Å². The van der Waals surface area contributed by atoms with Crippen molar-refractivity contribution in [3.05, 3.63) is 46.1 Å². The lowest BCUT2D eigenvalue weighted by molar-refractivity contribution is -0.115. The molecule has 0 spiro atoms. The molecule has 0 saturated carbocycles. The first-order chi connectivity index (χ1) is 15.1. The average molecular weight is 484 g/mol. The summed E-state index contributed by atoms with van der Waals surface area (Å²) < 4.78 is 42.7. The van der Waals surface area contributed by atoms with E-state index in [1.165, 1.54) is 4.90 Å². The van der Waals surface area contributed by atoms with Crippen LogP contribution in [0.5, 0.6) is 0 Å². The van der Waals surface area contributed by atoms with Gasteiger partial charge in [-0.3, -0.25) is 9.59 Å². The minimum absolute atomic E-state index is 0.0878. The summed E-state index contributed by atoms with van der Waals surface area (Å²) in [5, 5.41) is 2.79. The number of nitrogens with zero attached hydrogens (tertiary/aromatic N) is 1. The second-order valence-corrected chi connectivity index (χ2v) is 10.2. The van der Waals surface area contributed by atoms with Gasteiger partial charge in [0.1, 0.15) is 10.8 Å². The number of primary amides is 1. The van der Waals surface area contributed by atoms with Crippen LogP contribution in [0, 0.1) is 5.82 Å². The van der Waals surface area contributed by atoms with E-state index in [1.54, 1.807) is 6.92 Å². The Labute approximate surface area is 188 Å². The largest absolute Gasteiger partial charge is 0.450 e. The molecule has 0 saturated heterocycles. The molecule has 1 aliphatic rings. The van der Waals surface area contributed by atoms with E-state index in [0.717, 1.165) is 35.6 Å². The van der Waals surface area contributed by atoms with Crippen molar-refractivity contribution in [3.8, 4) is 0 Å². The van der Waals surface area contributed by atoms with Crippen molar-refractivity contribution in [3.63, 3.8) is 0 Å². The predicted octanol–water partition coefficient (Wildman–Crippen LogP) is 2.30. The SMILES string of the molecule is CCOC(=O)N1CCc2c(sc(NC(=O)CCS(=O)(=O)c3ccc(F)cc3)c2C(N)=O)C1. The van der Waals surface area contributed by atoms with Crippen molar-refractivity contribution in [1.29, 1.82) is 0 Å². The Hall–Kier alpha value is -2.99. The lowest BCUT2D eigenvalue weighted by atomic mass is 10.0. The first-order valence-electron chi connectivity index (χ1n) is 9.76. The third kappa shape index (κ3) is 5.25. The predicted molar refractivity (Wildman–Crippen MR) is 116 cm³/mol. The van der Waals surface area contributed by atoms with Crippen LogP contribution in [0.25, 0.3) is 0 Å². The van der Waals surface area contributed by atoms with Gasteiger partial charge in [-0.05, 0) is 43.2 Å². The van der Waals surface area contributed by atoms with Crippen LogP contribution in [0.4, 0.5) is 14.2 Å². The van der Waals surface area contributed by atoms with E-state index in [9.17, 15) is 27.2 Å². The number of nitrogens with one attached hydrogen (secondary N) is 1. The Morgan fingerprint density at radius 1 is 1.25 bits per heavy atom. The number of hydrogen-bond donors (Lipinski definition) is 2. The first-order valence-corrected chi connectivity index (χ1v) is 12.2. The van der Waals surface area contributed by atoms with Gasteiger partial charge in [-0.25, -0.2) is 17.6 Å². The van der Waals surface area contributed by atoms with E-state index in [2.05, 4.69) is 5.32 Å². The molecule has 2 heterocycles. The molecule has 2 aromatic rings. The zero-order valence-corrected chi connectivity index (χ0v) is 18.9. The molecule has 0 atom stereocenters. The summed E-state index contributed by atoms with van der Waals surface area (Å²) in [4.78, 5) is 38.6. The summed E-state index contributed by atoms with van der Waals surface area (Å²) in [5.41, 5.74) is 6.35. The van der Waals surface area contributed by atoms with Crippen molar-refractivity contribution in [2.75, 3.05) is 24.2 Å². The van der Waals surface area contributed by atoms with Gasteiger partial charge in [-0.1, -0.05) is 0 Å². The topological polar surface area (TPSA) is 136 Å². The second-order valence-electron chi connectivity index (χ2n) is 7.01. The van der Waals surface area contributed by atoms with Crippen LogP contribution in [0.2, 0.25) is 0 Å². The zero-order chi connectivity index (χ0) is 23.5. The van der Waals surface area contributed by atoms with Crippen LogP contribution in [0.15, 0.2) is 29.2 Å². The smallest absolute Gasteiger partial charge is 0.410 e. The molecule has 12 heteroatoms. The molecule has 3 N–H and O–H groups in total. The van der Waals surface area contributed by atoms with Gasteiger partial charge in [-0.15, -0.1) is 11.3 Å². The van der Waals surface area contributed by atoms with E-state index >= 15 is 0 Å². The maximum Gasteiger partial charge on any atom is 0.410 e. The Balaban J connectivity index is 1.72. The van der Waals surface area contributed by atoms with Crippen molar-refractivity contribution in [2.45, 2.75) is 31.2 Å². The highest BCUT2D eigenvalue weighted by molar-refractivity contribution is 7.91. The molecule has 0 radical (unpaired) electrons. The zero-order valence-electron chi connectivity index (χ0n) is 17.2. The summed E-state index contributed by atoms with van der Waals surface area (Å²) in [6.45, 7) is 2.49. The number of thiophene rings is 1. The molecule has 1 aliphatic heterocycles. The lowest BCUT2D eigenvalue weighted by Gasteiger charge is -2.26. The highest BCUT2D eigenvalue weighted by atomic mass is 32.2. The average Bonchev–Trinajstić information content (AvgIpc) is 3.10. The van der Waals surface area contributed by atoms with Crippen LogP contribution in [-0.4, -0.2) is 50.1 Å². The van der Waals surface area contributed by atoms with E-state index in [0.29, 0.717) is 23.4 Å². The van der Waals surface area contributed by atoms with Crippen molar-refractivity contribution in [2.24, 2.45) is 5.73 Å². The molecule has 172 valence electrons. The van der Waals surface area contributed by atoms with Crippen LogP contribution >= 0.6 is 11.3 Å². The second kappa shape index (κ2) is 9.65. The van der Waals surface area contributed by atoms with Crippen molar-refractivity contribution in [1.82, 2.24) is 4.90 Å². The molecule has 0 unspecified atom stereocenters. The van der Waals surface area contributed by atoms with E-state index < -0.39 is 39.3 Å². The lowest BCUT2D eigenvalue weighted by Crippen LogP contribution is -2.36. The monoisotopic (exact) mass is 483 g/mol. The fourth-order valence-corrected chi connectivity index (χ4v) is 5.82. The number of carbonyl (C=O) groups excluding carboxylic acids is 3. The molecule has 3 rings (SSSR count). The molecule has 1 aromatic carbocycles. The summed E-state index contributed by atoms with van der Waals surface area (Å²) in [5.74, 6) is -2.39. The normalized spacial score (nSPS) is 13.4. The van der Waals surface area contributed by atoms with Crippen LogP contribution in [0.3, 0.4) is 0 Å². The number of amides is 3. The molecule has 0 bridgehead atoms. The molecule has 0 aliphatic carbocycles. The Bertz CT molecular complexity index is 1140. The number of carbonyl (C=O) groups is 3. The van der Waals surface area contributed by atoms with Crippen LogP contribution < -0.4 is 11.1 Å². The number of fused-ring (bicyclic) bond motifs is 1. The summed E-state index contributed by atoms with van der Waals surface area (Å²) in [7, 11) is -3.79. The third-order valence-electron chi connectivity index (χ3n) is 4.85. The van der Waals surface area contributed by atoms with E-state index in [4.69, 9.17) is 10.5 Å². The Morgan fingerprint density at radius 2 is 1.94 bits per heavy atom. The first kappa shape index (κ1) is 23.7. The fourth-order valence-electron chi connectivity index (χ4n) is 3.30. The highest BCUT2D eigenvalue weighted by Gasteiger charge is 2.30. The van der Waals surface area contributed by atoms with Gasteiger partial charge in [0.2, 0.25) is 5.91 Å². The maximum absolute atomic E-state index is 13.0. The van der Waals surface area contributed by atoms with Crippen molar-refractivity contribution >= 4 is 44.1 Å². The van der Waals surface area contributed by atoms with E-state index in [-0.39, 0.29) is 35.0 Å². The highest BCUT2D eigenvalue weighted by Crippen LogP contribution is 2.37. The number of ether oxygens (including phenoxy) is 1.